The Hall–Kier alpha value is -0.240. The number of hydrogen-bond acceptors (Lipinski definition) is 6. The van der Waals surface area contributed by atoms with Crippen molar-refractivity contribution >= 4 is 0 Å². The molecule has 2 saturated heterocycles. The molecule has 0 aromatic heterocycles. The molecule has 1 unspecified atom stereocenters. The van der Waals surface area contributed by atoms with Gasteiger partial charge in [-0.15, -0.1) is 0 Å². The molecular weight excluding hydrogens is 336 g/mol. The summed E-state index contributed by atoms with van der Waals surface area (Å²) in [6, 6.07) is 0. The molecule has 152 valence electrons. The molecule has 2 aliphatic heterocycles. The van der Waals surface area contributed by atoms with E-state index in [9.17, 15) is 5.26 Å². The molecule has 0 amide bonds. The van der Waals surface area contributed by atoms with E-state index in [0.717, 1.165) is 44.9 Å². The van der Waals surface area contributed by atoms with Gasteiger partial charge in [0, 0.05) is 25.0 Å². The second-order valence-electron chi connectivity index (χ2n) is 8.59. The Balaban J connectivity index is 1.77. The molecule has 8 atom stereocenters. The standard InChI is InChI=1S/C20H36O6/c1-13-7-9-17-15(3)18(23-12-6-4-5-11-21)25-19-20(17,26-22)16(13)10-8-14(2)24-19/h13-19,21-22H,4-12H2,1-3H3/t13-,14+,15-,16?,17+,18+,19+,20-/m1/s1. The topological polar surface area (TPSA) is 77.4 Å². The zero-order valence-corrected chi connectivity index (χ0v) is 16.4. The molecule has 6 heteroatoms. The molecule has 3 fully saturated rings. The highest BCUT2D eigenvalue weighted by atomic mass is 17.1. The normalized spacial score (nSPS) is 45.8. The van der Waals surface area contributed by atoms with E-state index in [1.165, 1.54) is 0 Å². The molecule has 2 heterocycles. The summed E-state index contributed by atoms with van der Waals surface area (Å²) in [5.74, 6) is 0.985. The molecule has 0 aromatic carbocycles. The Labute approximate surface area is 157 Å². The predicted octanol–water partition coefficient (Wildman–Crippen LogP) is 3.57. The van der Waals surface area contributed by atoms with Crippen molar-refractivity contribution in [2.75, 3.05) is 13.2 Å². The van der Waals surface area contributed by atoms with Crippen LogP contribution in [0.4, 0.5) is 0 Å². The lowest BCUT2D eigenvalue weighted by Crippen LogP contribution is -2.67. The Morgan fingerprint density at radius 3 is 2.46 bits per heavy atom. The van der Waals surface area contributed by atoms with Gasteiger partial charge in [0.05, 0.1) is 6.10 Å². The average Bonchev–Trinajstić information content (AvgIpc) is 2.77. The molecule has 1 aliphatic carbocycles. The van der Waals surface area contributed by atoms with E-state index in [4.69, 9.17) is 24.2 Å². The fourth-order valence-electron chi connectivity index (χ4n) is 5.46. The molecule has 3 rings (SSSR count). The van der Waals surface area contributed by atoms with Gasteiger partial charge >= 0.3 is 0 Å². The lowest BCUT2D eigenvalue weighted by atomic mass is 9.58. The van der Waals surface area contributed by atoms with E-state index in [2.05, 4.69) is 20.8 Å². The number of hydrogen-bond donors (Lipinski definition) is 2. The molecule has 26 heavy (non-hydrogen) atoms. The van der Waals surface area contributed by atoms with Gasteiger partial charge in [0.2, 0.25) is 0 Å². The number of aliphatic hydroxyl groups is 1. The summed E-state index contributed by atoms with van der Waals surface area (Å²) in [6.45, 7) is 7.29. The minimum atomic E-state index is -0.793. The van der Waals surface area contributed by atoms with Crippen LogP contribution >= 0.6 is 0 Å². The van der Waals surface area contributed by atoms with Crippen molar-refractivity contribution in [2.45, 2.75) is 90.0 Å². The van der Waals surface area contributed by atoms with Crippen LogP contribution in [0.15, 0.2) is 0 Å². The highest BCUT2D eigenvalue weighted by molar-refractivity contribution is 5.07. The Bertz CT molecular complexity index is 446. The Kier molecular flexibility index (Phi) is 6.97. The van der Waals surface area contributed by atoms with Crippen LogP contribution < -0.4 is 0 Å². The second kappa shape index (κ2) is 8.84. The van der Waals surface area contributed by atoms with Gasteiger partial charge in [-0.1, -0.05) is 13.8 Å². The minimum Gasteiger partial charge on any atom is -0.396 e. The summed E-state index contributed by atoms with van der Waals surface area (Å²) in [7, 11) is 0. The minimum absolute atomic E-state index is 0.0732. The van der Waals surface area contributed by atoms with Crippen molar-refractivity contribution in [1.29, 1.82) is 0 Å². The van der Waals surface area contributed by atoms with Gasteiger partial charge in [-0.05, 0) is 63.7 Å². The van der Waals surface area contributed by atoms with Crippen molar-refractivity contribution < 1.29 is 29.5 Å². The quantitative estimate of drug-likeness (QED) is 0.404. The summed E-state index contributed by atoms with van der Waals surface area (Å²) in [4.78, 5) is 5.29. The third-order valence-electron chi connectivity index (χ3n) is 6.95. The molecule has 6 nitrogen and oxygen atoms in total. The molecular formula is C20H36O6. The maximum Gasteiger partial charge on any atom is 0.193 e. The summed E-state index contributed by atoms with van der Waals surface area (Å²) in [6.07, 6.45) is 5.84. The third-order valence-corrected chi connectivity index (χ3v) is 6.95. The summed E-state index contributed by atoms with van der Waals surface area (Å²) < 4.78 is 18.5. The second-order valence-corrected chi connectivity index (χ2v) is 8.59. The summed E-state index contributed by atoms with van der Waals surface area (Å²) >= 11 is 0. The van der Waals surface area contributed by atoms with E-state index in [1.54, 1.807) is 0 Å². The van der Waals surface area contributed by atoms with Crippen molar-refractivity contribution in [3.05, 3.63) is 0 Å². The Morgan fingerprint density at radius 1 is 0.962 bits per heavy atom. The first-order chi connectivity index (χ1) is 12.5. The zero-order chi connectivity index (χ0) is 18.7. The van der Waals surface area contributed by atoms with Crippen LogP contribution in [0.1, 0.15) is 65.7 Å². The predicted molar refractivity (Wildman–Crippen MR) is 96.3 cm³/mol. The number of ether oxygens (including phenoxy) is 3. The molecule has 1 saturated carbocycles. The van der Waals surface area contributed by atoms with Crippen molar-refractivity contribution in [3.8, 4) is 0 Å². The van der Waals surface area contributed by atoms with Gasteiger partial charge in [0.15, 0.2) is 18.2 Å². The van der Waals surface area contributed by atoms with E-state index in [-0.39, 0.29) is 36.8 Å². The maximum atomic E-state index is 10.1. The lowest BCUT2D eigenvalue weighted by molar-refractivity contribution is -0.460. The Morgan fingerprint density at radius 2 is 1.73 bits per heavy atom. The first kappa shape index (κ1) is 20.5. The van der Waals surface area contributed by atoms with Gasteiger partial charge in [0.1, 0.15) is 0 Å². The molecule has 0 bridgehead atoms. The fourth-order valence-corrected chi connectivity index (χ4v) is 5.46. The highest BCUT2D eigenvalue weighted by Gasteiger charge is 2.64. The third kappa shape index (κ3) is 3.69. The first-order valence-electron chi connectivity index (χ1n) is 10.4. The van der Waals surface area contributed by atoms with Crippen LogP contribution in [0, 0.1) is 23.7 Å². The average molecular weight is 373 g/mol. The molecule has 3 aliphatic rings. The largest absolute Gasteiger partial charge is 0.396 e. The SMILES string of the molecule is C[C@H]1[C@@H](OCCCCCO)O[C@@H]2O[C@@H](C)CCC3[C@H](C)CC[C@@H]1[C@]32OO. The van der Waals surface area contributed by atoms with E-state index >= 15 is 0 Å². The van der Waals surface area contributed by atoms with Crippen LogP contribution in [0.25, 0.3) is 0 Å². The van der Waals surface area contributed by atoms with Gasteiger partial charge in [0.25, 0.3) is 0 Å². The summed E-state index contributed by atoms with van der Waals surface area (Å²) in [5.41, 5.74) is -0.793. The fraction of sp³-hybridized carbons (Fsp3) is 1.00. The van der Waals surface area contributed by atoms with Gasteiger partial charge in [-0.25, -0.2) is 4.89 Å². The number of aliphatic hydroxyl groups excluding tert-OH is 1. The first-order valence-corrected chi connectivity index (χ1v) is 10.4. The zero-order valence-electron chi connectivity index (χ0n) is 16.4. The number of rotatable bonds is 7. The monoisotopic (exact) mass is 372 g/mol. The van der Waals surface area contributed by atoms with Gasteiger partial charge in [-0.2, -0.15) is 0 Å². The molecule has 0 aromatic rings. The van der Waals surface area contributed by atoms with Crippen LogP contribution in [-0.4, -0.2) is 47.9 Å². The highest BCUT2D eigenvalue weighted by Crippen LogP contribution is 2.56. The van der Waals surface area contributed by atoms with Gasteiger partial charge < -0.3 is 19.3 Å². The van der Waals surface area contributed by atoms with Gasteiger partial charge in [-0.3, -0.25) is 5.26 Å². The smallest absolute Gasteiger partial charge is 0.193 e. The lowest BCUT2D eigenvalue weighted by Gasteiger charge is -2.57. The van der Waals surface area contributed by atoms with Crippen molar-refractivity contribution in [1.82, 2.24) is 0 Å². The summed E-state index contributed by atoms with van der Waals surface area (Å²) in [5, 5.41) is 19.0. The van der Waals surface area contributed by atoms with E-state index in [0.29, 0.717) is 12.5 Å². The van der Waals surface area contributed by atoms with Crippen LogP contribution in [0.5, 0.6) is 0 Å². The van der Waals surface area contributed by atoms with Crippen LogP contribution in [0.2, 0.25) is 0 Å². The van der Waals surface area contributed by atoms with Crippen LogP contribution in [0.3, 0.4) is 0 Å². The number of unbranched alkanes of at least 4 members (excludes halogenated alkanes) is 2. The van der Waals surface area contributed by atoms with Crippen molar-refractivity contribution in [3.63, 3.8) is 0 Å². The van der Waals surface area contributed by atoms with E-state index in [1.807, 2.05) is 0 Å². The molecule has 0 spiro atoms. The van der Waals surface area contributed by atoms with Crippen LogP contribution in [-0.2, 0) is 19.1 Å². The maximum absolute atomic E-state index is 10.1. The van der Waals surface area contributed by atoms with Crippen molar-refractivity contribution in [2.24, 2.45) is 23.7 Å². The molecule has 2 N–H and O–H groups in total. The van der Waals surface area contributed by atoms with E-state index < -0.39 is 11.9 Å². The molecule has 0 radical (unpaired) electrons.